The SMILES string of the molecule is CNC(SF)c1cccc(-c2ccccc2)c1. The number of rotatable bonds is 4. The molecule has 3 heteroatoms. The molecule has 2 rings (SSSR count). The van der Waals surface area contributed by atoms with Crippen LogP contribution in [-0.4, -0.2) is 7.05 Å². The second-order valence-corrected chi connectivity index (χ2v) is 4.40. The Labute approximate surface area is 105 Å². The van der Waals surface area contributed by atoms with Gasteiger partial charge < -0.3 is 5.32 Å². The number of hydrogen-bond acceptors (Lipinski definition) is 2. The Morgan fingerprint density at radius 1 is 1.00 bits per heavy atom. The third-order valence-electron chi connectivity index (χ3n) is 2.65. The van der Waals surface area contributed by atoms with Crippen molar-refractivity contribution in [2.45, 2.75) is 5.37 Å². The van der Waals surface area contributed by atoms with Gasteiger partial charge in [-0.3, -0.25) is 0 Å². The summed E-state index contributed by atoms with van der Waals surface area (Å²) >= 11 is 0.316. The fourth-order valence-electron chi connectivity index (χ4n) is 1.77. The van der Waals surface area contributed by atoms with Crippen LogP contribution in [0.4, 0.5) is 3.89 Å². The zero-order valence-corrected chi connectivity index (χ0v) is 10.4. The summed E-state index contributed by atoms with van der Waals surface area (Å²) in [6, 6.07) is 18.0. The molecule has 0 radical (unpaired) electrons. The molecule has 88 valence electrons. The maximum absolute atomic E-state index is 12.7. The number of halogens is 1. The molecule has 0 spiro atoms. The number of nitrogens with one attached hydrogen (secondary N) is 1. The molecular weight excluding hydrogens is 233 g/mol. The molecule has 2 aromatic carbocycles. The molecule has 0 aromatic heterocycles. The molecule has 0 aliphatic carbocycles. The summed E-state index contributed by atoms with van der Waals surface area (Å²) in [6.45, 7) is 0. The third-order valence-corrected chi connectivity index (χ3v) is 3.33. The maximum atomic E-state index is 12.7. The van der Waals surface area contributed by atoms with Crippen molar-refractivity contribution in [1.82, 2.24) is 5.32 Å². The molecular formula is C14H14FNS. The third kappa shape index (κ3) is 2.87. The largest absolute Gasteiger partial charge is 0.303 e. The van der Waals surface area contributed by atoms with Crippen molar-refractivity contribution in [2.24, 2.45) is 0 Å². The quantitative estimate of drug-likeness (QED) is 0.813. The Morgan fingerprint density at radius 3 is 2.35 bits per heavy atom. The average Bonchev–Trinajstić information content (AvgIpc) is 2.42. The summed E-state index contributed by atoms with van der Waals surface area (Å²) in [6.07, 6.45) is 0. The smallest absolute Gasteiger partial charge is 0.111 e. The highest BCUT2D eigenvalue weighted by Gasteiger charge is 2.10. The van der Waals surface area contributed by atoms with E-state index in [1.807, 2.05) is 42.5 Å². The fourth-order valence-corrected chi connectivity index (χ4v) is 2.11. The van der Waals surface area contributed by atoms with Crippen molar-refractivity contribution in [3.63, 3.8) is 0 Å². The van der Waals surface area contributed by atoms with Crippen molar-refractivity contribution < 1.29 is 3.89 Å². The van der Waals surface area contributed by atoms with E-state index in [-0.39, 0.29) is 5.37 Å². The topological polar surface area (TPSA) is 12.0 Å². The van der Waals surface area contributed by atoms with Gasteiger partial charge in [0.05, 0.1) is 12.1 Å². The summed E-state index contributed by atoms with van der Waals surface area (Å²) in [5, 5.41) is 2.63. The zero-order chi connectivity index (χ0) is 12.1. The van der Waals surface area contributed by atoms with Crippen LogP contribution in [-0.2, 0) is 0 Å². The Balaban J connectivity index is 2.35. The first-order chi connectivity index (χ1) is 8.35. The lowest BCUT2D eigenvalue weighted by Gasteiger charge is -2.12. The van der Waals surface area contributed by atoms with Crippen LogP contribution in [0.2, 0.25) is 0 Å². The summed E-state index contributed by atoms with van der Waals surface area (Å²) < 4.78 is 12.7. The van der Waals surface area contributed by atoms with Crippen LogP contribution < -0.4 is 5.32 Å². The highest BCUT2D eigenvalue weighted by molar-refractivity contribution is 7.94. The second-order valence-electron chi connectivity index (χ2n) is 3.75. The standard InChI is InChI=1S/C14H14FNS/c1-16-14(17-15)13-9-5-8-12(10-13)11-6-3-2-4-7-11/h2-10,14,16H,1H3. The zero-order valence-electron chi connectivity index (χ0n) is 9.56. The molecule has 0 saturated carbocycles. The van der Waals surface area contributed by atoms with Gasteiger partial charge >= 0.3 is 0 Å². The lowest BCUT2D eigenvalue weighted by atomic mass is 10.0. The summed E-state index contributed by atoms with van der Waals surface area (Å²) in [5.74, 6) is 0. The van der Waals surface area contributed by atoms with Crippen LogP contribution in [0.5, 0.6) is 0 Å². The van der Waals surface area contributed by atoms with Crippen LogP contribution in [0.15, 0.2) is 54.6 Å². The van der Waals surface area contributed by atoms with Crippen LogP contribution in [0.25, 0.3) is 11.1 Å². The first-order valence-electron chi connectivity index (χ1n) is 5.45. The maximum Gasteiger partial charge on any atom is 0.111 e. The molecule has 0 bridgehead atoms. The monoisotopic (exact) mass is 247 g/mol. The molecule has 1 atom stereocenters. The van der Waals surface area contributed by atoms with Crippen LogP contribution in [0.1, 0.15) is 10.9 Å². The van der Waals surface area contributed by atoms with Gasteiger partial charge in [-0.25, -0.2) is 0 Å². The van der Waals surface area contributed by atoms with E-state index < -0.39 is 0 Å². The molecule has 0 heterocycles. The van der Waals surface area contributed by atoms with Gasteiger partial charge in [0.1, 0.15) is 5.37 Å². The lowest BCUT2D eigenvalue weighted by Crippen LogP contribution is -2.11. The molecule has 17 heavy (non-hydrogen) atoms. The van der Waals surface area contributed by atoms with Crippen molar-refractivity contribution in [2.75, 3.05) is 7.05 Å². The van der Waals surface area contributed by atoms with Gasteiger partial charge in [0.25, 0.3) is 0 Å². The first kappa shape index (κ1) is 12.1. The number of hydrogen-bond donors (Lipinski definition) is 1. The van der Waals surface area contributed by atoms with Crippen molar-refractivity contribution in [3.8, 4) is 11.1 Å². The van der Waals surface area contributed by atoms with Gasteiger partial charge in [-0.1, -0.05) is 48.5 Å². The second kappa shape index (κ2) is 5.84. The van der Waals surface area contributed by atoms with Crippen molar-refractivity contribution in [3.05, 3.63) is 60.2 Å². The Hall–Kier alpha value is -1.32. The van der Waals surface area contributed by atoms with E-state index >= 15 is 0 Å². The normalized spacial score (nSPS) is 12.4. The predicted molar refractivity (Wildman–Crippen MR) is 72.4 cm³/mol. The Bertz CT molecular complexity index is 469. The Kier molecular flexibility index (Phi) is 4.18. The van der Waals surface area contributed by atoms with Crippen molar-refractivity contribution >= 4 is 12.1 Å². The van der Waals surface area contributed by atoms with E-state index in [0.717, 1.165) is 16.7 Å². The minimum atomic E-state index is -0.307. The summed E-state index contributed by atoms with van der Waals surface area (Å²) in [4.78, 5) is 0. The van der Waals surface area contributed by atoms with Gasteiger partial charge in [0.15, 0.2) is 0 Å². The molecule has 1 N–H and O–H groups in total. The molecule has 1 unspecified atom stereocenters. The van der Waals surface area contributed by atoms with Gasteiger partial charge in [0.2, 0.25) is 0 Å². The highest BCUT2D eigenvalue weighted by Crippen LogP contribution is 2.29. The van der Waals surface area contributed by atoms with Crippen LogP contribution in [0.3, 0.4) is 0 Å². The van der Waals surface area contributed by atoms with E-state index in [1.165, 1.54) is 0 Å². The molecule has 0 amide bonds. The van der Waals surface area contributed by atoms with Gasteiger partial charge in [-0.2, -0.15) is 3.89 Å². The van der Waals surface area contributed by atoms with Crippen LogP contribution >= 0.6 is 12.1 Å². The molecule has 2 aromatic rings. The molecule has 1 nitrogen and oxygen atoms in total. The van der Waals surface area contributed by atoms with Gasteiger partial charge in [-0.15, -0.1) is 0 Å². The minimum Gasteiger partial charge on any atom is -0.303 e. The molecule has 0 aliphatic heterocycles. The fraction of sp³-hybridized carbons (Fsp3) is 0.143. The summed E-state index contributed by atoms with van der Waals surface area (Å²) in [5.41, 5.74) is 3.20. The van der Waals surface area contributed by atoms with Gasteiger partial charge in [-0.05, 0) is 29.8 Å². The predicted octanol–water partition coefficient (Wildman–Crippen LogP) is 4.19. The van der Waals surface area contributed by atoms with Crippen LogP contribution in [0, 0.1) is 0 Å². The van der Waals surface area contributed by atoms with E-state index in [1.54, 1.807) is 7.05 Å². The van der Waals surface area contributed by atoms with E-state index in [0.29, 0.717) is 12.1 Å². The number of benzene rings is 2. The van der Waals surface area contributed by atoms with Crippen molar-refractivity contribution in [1.29, 1.82) is 0 Å². The van der Waals surface area contributed by atoms with E-state index in [2.05, 4.69) is 17.4 Å². The lowest BCUT2D eigenvalue weighted by molar-refractivity contribution is 0.764. The molecule has 0 saturated heterocycles. The summed E-state index contributed by atoms with van der Waals surface area (Å²) in [7, 11) is 1.76. The minimum absolute atomic E-state index is 0.307. The highest BCUT2D eigenvalue weighted by atomic mass is 32.2. The Morgan fingerprint density at radius 2 is 1.71 bits per heavy atom. The average molecular weight is 247 g/mol. The molecule has 0 fully saturated rings. The van der Waals surface area contributed by atoms with Gasteiger partial charge in [0, 0.05) is 0 Å². The molecule has 0 aliphatic rings. The van der Waals surface area contributed by atoms with E-state index in [4.69, 9.17) is 0 Å². The first-order valence-corrected chi connectivity index (χ1v) is 6.23. The van der Waals surface area contributed by atoms with E-state index in [9.17, 15) is 3.89 Å².